The van der Waals surface area contributed by atoms with E-state index in [2.05, 4.69) is 17.1 Å². The highest BCUT2D eigenvalue weighted by Crippen LogP contribution is 2.20. The van der Waals surface area contributed by atoms with Crippen LogP contribution in [-0.4, -0.2) is 53.8 Å². The van der Waals surface area contributed by atoms with E-state index in [4.69, 9.17) is 0 Å². The number of amides is 2. The molecule has 2 heterocycles. The standard InChI is InChI=1S/C20H29N3O2/c1-16-7-5-6-11-22(16)12-10-21-20(25)18-13-19(24)23(15-18)14-17-8-3-2-4-9-17/h2-4,8-9,16,18H,5-7,10-15H2,1H3,(H,21,25)/t16-,18+/m1/s1. The summed E-state index contributed by atoms with van der Waals surface area (Å²) in [5, 5.41) is 3.04. The molecule has 0 spiro atoms. The second-order valence-electron chi connectivity index (χ2n) is 7.33. The quantitative estimate of drug-likeness (QED) is 0.860. The van der Waals surface area contributed by atoms with Gasteiger partial charge in [0.25, 0.3) is 0 Å². The molecule has 2 amide bonds. The van der Waals surface area contributed by atoms with Gasteiger partial charge in [0.05, 0.1) is 5.92 Å². The zero-order valence-electron chi connectivity index (χ0n) is 15.1. The molecule has 0 aromatic heterocycles. The Kier molecular flexibility index (Phi) is 6.08. The van der Waals surface area contributed by atoms with Crippen molar-refractivity contribution in [2.24, 2.45) is 5.92 Å². The SMILES string of the molecule is C[C@@H]1CCCCN1CCNC(=O)[C@H]1CC(=O)N(Cc2ccccc2)C1. The van der Waals surface area contributed by atoms with Gasteiger partial charge < -0.3 is 10.2 Å². The van der Waals surface area contributed by atoms with Gasteiger partial charge in [-0.15, -0.1) is 0 Å². The smallest absolute Gasteiger partial charge is 0.225 e. The van der Waals surface area contributed by atoms with Crippen LogP contribution >= 0.6 is 0 Å². The van der Waals surface area contributed by atoms with E-state index in [1.54, 1.807) is 4.90 Å². The van der Waals surface area contributed by atoms with Gasteiger partial charge >= 0.3 is 0 Å². The zero-order chi connectivity index (χ0) is 17.6. The third-order valence-electron chi connectivity index (χ3n) is 5.44. The molecule has 5 heteroatoms. The maximum absolute atomic E-state index is 12.4. The normalized spacial score (nSPS) is 24.5. The number of likely N-dealkylation sites (tertiary alicyclic amines) is 2. The molecule has 3 rings (SSSR count). The Bertz CT molecular complexity index is 590. The van der Waals surface area contributed by atoms with Crippen LogP contribution in [0.4, 0.5) is 0 Å². The third-order valence-corrected chi connectivity index (χ3v) is 5.44. The van der Waals surface area contributed by atoms with Crippen LogP contribution in [0.15, 0.2) is 30.3 Å². The molecule has 0 saturated carbocycles. The summed E-state index contributed by atoms with van der Waals surface area (Å²) >= 11 is 0. The van der Waals surface area contributed by atoms with Crippen molar-refractivity contribution in [1.29, 1.82) is 0 Å². The van der Waals surface area contributed by atoms with Gasteiger partial charge in [-0.3, -0.25) is 14.5 Å². The molecule has 0 unspecified atom stereocenters. The fraction of sp³-hybridized carbons (Fsp3) is 0.600. The van der Waals surface area contributed by atoms with Crippen LogP contribution in [0.1, 0.15) is 38.2 Å². The molecule has 0 aliphatic carbocycles. The molecule has 2 aliphatic rings. The van der Waals surface area contributed by atoms with E-state index in [1.165, 1.54) is 19.3 Å². The number of carbonyl (C=O) groups is 2. The highest BCUT2D eigenvalue weighted by molar-refractivity contribution is 5.89. The summed E-state index contributed by atoms with van der Waals surface area (Å²) in [6, 6.07) is 10.6. The minimum Gasteiger partial charge on any atom is -0.355 e. The number of hydrogen-bond donors (Lipinski definition) is 1. The molecule has 0 bridgehead atoms. The summed E-state index contributed by atoms with van der Waals surface area (Å²) in [6.45, 7) is 6.09. The predicted octanol–water partition coefficient (Wildman–Crippen LogP) is 2.03. The van der Waals surface area contributed by atoms with Gasteiger partial charge in [-0.05, 0) is 31.9 Å². The molecule has 1 aromatic rings. The maximum atomic E-state index is 12.4. The number of nitrogens with one attached hydrogen (secondary N) is 1. The Morgan fingerprint density at radius 3 is 2.80 bits per heavy atom. The van der Waals surface area contributed by atoms with Crippen LogP contribution in [0, 0.1) is 5.92 Å². The van der Waals surface area contributed by atoms with Crippen molar-refractivity contribution in [3.63, 3.8) is 0 Å². The summed E-state index contributed by atoms with van der Waals surface area (Å²) < 4.78 is 0. The van der Waals surface area contributed by atoms with Crippen LogP contribution in [0.5, 0.6) is 0 Å². The van der Waals surface area contributed by atoms with Crippen molar-refractivity contribution in [3.05, 3.63) is 35.9 Å². The first-order valence-electron chi connectivity index (χ1n) is 9.47. The van der Waals surface area contributed by atoms with Crippen molar-refractivity contribution < 1.29 is 9.59 Å². The first kappa shape index (κ1) is 17.9. The largest absolute Gasteiger partial charge is 0.355 e. The van der Waals surface area contributed by atoms with Crippen LogP contribution in [0.3, 0.4) is 0 Å². The van der Waals surface area contributed by atoms with Gasteiger partial charge in [-0.25, -0.2) is 0 Å². The molecule has 2 saturated heterocycles. The van der Waals surface area contributed by atoms with E-state index >= 15 is 0 Å². The first-order chi connectivity index (χ1) is 12.1. The highest BCUT2D eigenvalue weighted by Gasteiger charge is 2.34. The molecule has 2 atom stereocenters. The second-order valence-corrected chi connectivity index (χ2v) is 7.33. The highest BCUT2D eigenvalue weighted by atomic mass is 16.2. The topological polar surface area (TPSA) is 52.7 Å². The third kappa shape index (κ3) is 4.82. The van der Waals surface area contributed by atoms with Crippen LogP contribution in [0.25, 0.3) is 0 Å². The zero-order valence-corrected chi connectivity index (χ0v) is 15.1. The van der Waals surface area contributed by atoms with E-state index in [1.807, 2.05) is 30.3 Å². The molecule has 136 valence electrons. The van der Waals surface area contributed by atoms with E-state index in [-0.39, 0.29) is 17.7 Å². The van der Waals surface area contributed by atoms with E-state index in [0.717, 1.165) is 18.7 Å². The Hall–Kier alpha value is -1.88. The lowest BCUT2D eigenvalue weighted by molar-refractivity contribution is -0.129. The summed E-state index contributed by atoms with van der Waals surface area (Å²) in [6.07, 6.45) is 4.15. The number of nitrogens with zero attached hydrogens (tertiary/aromatic N) is 2. The molecular formula is C20H29N3O2. The van der Waals surface area contributed by atoms with Crippen molar-refractivity contribution in [3.8, 4) is 0 Å². The minimum absolute atomic E-state index is 0.0218. The molecule has 2 aliphatic heterocycles. The van der Waals surface area contributed by atoms with E-state index in [0.29, 0.717) is 32.1 Å². The molecule has 2 fully saturated rings. The van der Waals surface area contributed by atoms with E-state index < -0.39 is 0 Å². The predicted molar refractivity (Wildman–Crippen MR) is 97.9 cm³/mol. The average molecular weight is 343 g/mol. The number of carbonyl (C=O) groups excluding carboxylic acids is 2. The van der Waals surface area contributed by atoms with Crippen molar-refractivity contribution >= 4 is 11.8 Å². The molecule has 1 aromatic carbocycles. The number of piperidine rings is 1. The van der Waals surface area contributed by atoms with Crippen LogP contribution < -0.4 is 5.32 Å². The molecule has 0 radical (unpaired) electrons. The van der Waals surface area contributed by atoms with Gasteiger partial charge in [0.15, 0.2) is 0 Å². The van der Waals surface area contributed by atoms with Gasteiger partial charge in [0.1, 0.15) is 0 Å². The van der Waals surface area contributed by atoms with Crippen LogP contribution in [-0.2, 0) is 16.1 Å². The molecule has 25 heavy (non-hydrogen) atoms. The molecule has 5 nitrogen and oxygen atoms in total. The Balaban J connectivity index is 1.43. The number of rotatable bonds is 6. The van der Waals surface area contributed by atoms with Gasteiger partial charge in [-0.2, -0.15) is 0 Å². The van der Waals surface area contributed by atoms with Crippen LogP contribution in [0.2, 0.25) is 0 Å². The lowest BCUT2D eigenvalue weighted by atomic mass is 10.0. The lowest BCUT2D eigenvalue weighted by Gasteiger charge is -2.33. The fourth-order valence-corrected chi connectivity index (χ4v) is 3.86. The Morgan fingerprint density at radius 1 is 1.24 bits per heavy atom. The maximum Gasteiger partial charge on any atom is 0.225 e. The average Bonchev–Trinajstić information content (AvgIpc) is 2.98. The van der Waals surface area contributed by atoms with Gasteiger partial charge in [0.2, 0.25) is 11.8 Å². The van der Waals surface area contributed by atoms with Crippen molar-refractivity contribution in [1.82, 2.24) is 15.1 Å². The van der Waals surface area contributed by atoms with E-state index in [9.17, 15) is 9.59 Å². The van der Waals surface area contributed by atoms with Crippen molar-refractivity contribution in [2.75, 3.05) is 26.2 Å². The monoisotopic (exact) mass is 343 g/mol. The van der Waals surface area contributed by atoms with Gasteiger partial charge in [-0.1, -0.05) is 36.8 Å². The number of benzene rings is 1. The van der Waals surface area contributed by atoms with Gasteiger partial charge in [0, 0.05) is 38.6 Å². The summed E-state index contributed by atoms with van der Waals surface area (Å²) in [5.41, 5.74) is 1.11. The first-order valence-corrected chi connectivity index (χ1v) is 9.47. The fourth-order valence-electron chi connectivity index (χ4n) is 3.86. The Morgan fingerprint density at radius 2 is 2.04 bits per heavy atom. The Labute approximate surface area is 150 Å². The summed E-state index contributed by atoms with van der Waals surface area (Å²) in [7, 11) is 0. The minimum atomic E-state index is -0.213. The molecular weight excluding hydrogens is 314 g/mol. The van der Waals surface area contributed by atoms with Crippen molar-refractivity contribution in [2.45, 2.75) is 45.2 Å². The number of hydrogen-bond acceptors (Lipinski definition) is 3. The second kappa shape index (κ2) is 8.48. The molecule has 1 N–H and O–H groups in total. The summed E-state index contributed by atoms with van der Waals surface area (Å²) in [4.78, 5) is 28.8. The summed E-state index contributed by atoms with van der Waals surface area (Å²) in [5.74, 6) is -0.114. The lowest BCUT2D eigenvalue weighted by Crippen LogP contribution is -2.43.